The highest BCUT2D eigenvalue weighted by Gasteiger charge is 2.72. The number of phenols is 2. The van der Waals surface area contributed by atoms with E-state index in [9.17, 15) is 46.1 Å². The molecule has 0 saturated carbocycles. The second kappa shape index (κ2) is 13.1. The highest BCUT2D eigenvalue weighted by molar-refractivity contribution is 5.87. The van der Waals surface area contributed by atoms with Gasteiger partial charge in [-0.3, -0.25) is 10.6 Å². The molecule has 0 aromatic heterocycles. The van der Waals surface area contributed by atoms with Crippen LogP contribution >= 0.6 is 0 Å². The van der Waals surface area contributed by atoms with Gasteiger partial charge in [-0.25, -0.2) is 9.59 Å². The van der Waals surface area contributed by atoms with E-state index in [1.807, 2.05) is 0 Å². The van der Waals surface area contributed by atoms with Crippen molar-refractivity contribution >= 4 is 23.6 Å². The van der Waals surface area contributed by atoms with Crippen LogP contribution in [0.25, 0.3) is 0 Å². The van der Waals surface area contributed by atoms with Crippen LogP contribution < -0.4 is 10.6 Å². The smallest absolute Gasteiger partial charge is 0.412 e. The Morgan fingerprint density at radius 3 is 1.24 bits per heavy atom. The van der Waals surface area contributed by atoms with Gasteiger partial charge in [-0.1, -0.05) is 72.8 Å². The van der Waals surface area contributed by atoms with E-state index >= 15 is 0 Å². The molecule has 0 fully saturated rings. The number of hydrogen-bond acceptors (Lipinski definition) is 6. The molecule has 0 aliphatic heterocycles. The van der Waals surface area contributed by atoms with Gasteiger partial charge in [0.15, 0.2) is 0 Å². The molecule has 0 unspecified atom stereocenters. The third-order valence-electron chi connectivity index (χ3n) is 6.61. The van der Waals surface area contributed by atoms with Gasteiger partial charge < -0.3 is 19.7 Å². The lowest BCUT2D eigenvalue weighted by atomic mass is 9.72. The lowest BCUT2D eigenvalue weighted by Gasteiger charge is -2.38. The summed E-state index contributed by atoms with van der Waals surface area (Å²) in [5, 5.41) is 24.9. The van der Waals surface area contributed by atoms with Crippen molar-refractivity contribution in [2.24, 2.45) is 0 Å². The second-order valence-electron chi connectivity index (χ2n) is 9.58. The lowest BCUT2D eigenvalue weighted by molar-refractivity contribution is -0.288. The van der Waals surface area contributed by atoms with E-state index in [0.29, 0.717) is 35.4 Å². The van der Waals surface area contributed by atoms with Crippen LogP contribution in [0, 0.1) is 0 Å². The van der Waals surface area contributed by atoms with Gasteiger partial charge in [-0.2, -0.15) is 26.3 Å². The van der Waals surface area contributed by atoms with Gasteiger partial charge in [-0.05, 0) is 46.5 Å². The molecule has 0 radical (unpaired) electrons. The first-order chi connectivity index (χ1) is 21.2. The van der Waals surface area contributed by atoms with Crippen molar-refractivity contribution in [1.29, 1.82) is 0 Å². The molecule has 14 heteroatoms. The first-order valence-corrected chi connectivity index (χ1v) is 13.0. The van der Waals surface area contributed by atoms with E-state index < -0.39 is 64.0 Å². The van der Waals surface area contributed by atoms with Crippen LogP contribution in [0.4, 0.5) is 47.3 Å². The zero-order valence-corrected chi connectivity index (χ0v) is 22.9. The Hall–Kier alpha value is -5.40. The fourth-order valence-corrected chi connectivity index (χ4v) is 4.46. The van der Waals surface area contributed by atoms with E-state index in [0.717, 1.165) is 0 Å². The molecular weight excluding hydrogens is 610 g/mol. The first kappa shape index (κ1) is 32.5. The maximum Gasteiger partial charge on any atom is 0.412 e. The average Bonchev–Trinajstić information content (AvgIpc) is 2.97. The summed E-state index contributed by atoms with van der Waals surface area (Å²) in [5.41, 5.74) is -7.54. The monoisotopic (exact) mass is 634 g/mol. The van der Waals surface area contributed by atoms with Crippen molar-refractivity contribution < 1.29 is 55.6 Å². The summed E-state index contributed by atoms with van der Waals surface area (Å²) in [4.78, 5) is 24.3. The molecule has 0 aliphatic rings. The number of benzene rings is 4. The topological polar surface area (TPSA) is 117 Å². The third kappa shape index (κ3) is 7.22. The van der Waals surface area contributed by atoms with Gasteiger partial charge >= 0.3 is 24.5 Å². The van der Waals surface area contributed by atoms with Crippen LogP contribution in [0.1, 0.15) is 22.3 Å². The van der Waals surface area contributed by atoms with E-state index in [4.69, 9.17) is 9.47 Å². The Morgan fingerprint density at radius 1 is 0.578 bits per heavy atom. The third-order valence-corrected chi connectivity index (χ3v) is 6.61. The summed E-state index contributed by atoms with van der Waals surface area (Å²) < 4.78 is 97.5. The second-order valence-corrected chi connectivity index (χ2v) is 9.58. The van der Waals surface area contributed by atoms with E-state index in [-0.39, 0.29) is 25.3 Å². The van der Waals surface area contributed by atoms with Gasteiger partial charge in [-0.15, -0.1) is 0 Å². The van der Waals surface area contributed by atoms with Crippen molar-refractivity contribution in [3.8, 4) is 11.5 Å². The van der Waals surface area contributed by atoms with Crippen LogP contribution in [0.15, 0.2) is 97.1 Å². The number of ether oxygens (including phenoxy) is 2. The number of nitrogens with one attached hydrogen (secondary N) is 2. The summed E-state index contributed by atoms with van der Waals surface area (Å²) in [6, 6.07) is 19.3. The molecule has 0 bridgehead atoms. The summed E-state index contributed by atoms with van der Waals surface area (Å²) in [6.07, 6.45) is -14.4. The molecule has 45 heavy (non-hydrogen) atoms. The van der Waals surface area contributed by atoms with Crippen LogP contribution in [-0.4, -0.2) is 34.8 Å². The minimum absolute atomic E-state index is 0.199. The standard InChI is InChI=1S/C31H24F6N2O6/c32-30(33,34)29(31(35,36)37,21-11-13-23(25(40)15-21)38-27(42)44-17-19-7-3-1-4-8-19)22-12-14-24(26(41)16-22)39-28(43)45-18-20-9-5-2-6-10-20/h1-16,40-41H,17-18H2,(H,38,42)(H,39,43). The molecule has 4 rings (SSSR count). The molecule has 2 amide bonds. The van der Waals surface area contributed by atoms with Crippen molar-refractivity contribution in [3.05, 3.63) is 119 Å². The van der Waals surface area contributed by atoms with Crippen LogP contribution in [-0.2, 0) is 28.1 Å². The Kier molecular flexibility index (Phi) is 9.45. The predicted octanol–water partition coefficient (Wildman–Crippen LogP) is 8.01. The summed E-state index contributed by atoms with van der Waals surface area (Å²) >= 11 is 0. The first-order valence-electron chi connectivity index (χ1n) is 13.0. The normalized spacial score (nSPS) is 11.9. The number of aromatic hydroxyl groups is 2. The number of carbonyl (C=O) groups is 2. The number of hydrogen-bond donors (Lipinski definition) is 4. The molecule has 4 N–H and O–H groups in total. The van der Waals surface area contributed by atoms with Crippen molar-refractivity contribution in [2.75, 3.05) is 10.6 Å². The number of halogens is 6. The predicted molar refractivity (Wildman–Crippen MR) is 150 cm³/mol. The Labute approximate surface area is 251 Å². The highest BCUT2D eigenvalue weighted by atomic mass is 19.4. The minimum atomic E-state index is -6.06. The molecule has 4 aromatic rings. The van der Waals surface area contributed by atoms with Crippen molar-refractivity contribution in [1.82, 2.24) is 0 Å². The molecule has 0 heterocycles. The lowest BCUT2D eigenvalue weighted by Crippen LogP contribution is -2.54. The summed E-state index contributed by atoms with van der Waals surface area (Å²) in [5.74, 6) is -2.24. The molecule has 0 saturated heterocycles. The van der Waals surface area contributed by atoms with E-state index in [1.54, 1.807) is 60.7 Å². The molecule has 236 valence electrons. The fourth-order valence-electron chi connectivity index (χ4n) is 4.46. The number of amides is 2. The molecule has 0 atom stereocenters. The number of rotatable bonds is 8. The molecule has 0 aliphatic carbocycles. The van der Waals surface area contributed by atoms with Crippen LogP contribution in [0.3, 0.4) is 0 Å². The van der Waals surface area contributed by atoms with Crippen LogP contribution in [0.2, 0.25) is 0 Å². The number of carbonyl (C=O) groups excluding carboxylic acids is 2. The molecule has 4 aromatic carbocycles. The maximum atomic E-state index is 14.6. The van der Waals surface area contributed by atoms with Crippen molar-refractivity contribution in [2.45, 2.75) is 31.0 Å². The summed E-state index contributed by atoms with van der Waals surface area (Å²) in [7, 11) is 0. The zero-order valence-electron chi connectivity index (χ0n) is 22.9. The largest absolute Gasteiger partial charge is 0.506 e. The Bertz CT molecular complexity index is 1520. The van der Waals surface area contributed by atoms with Gasteiger partial charge in [0, 0.05) is 0 Å². The quantitative estimate of drug-likeness (QED) is 0.115. The van der Waals surface area contributed by atoms with Gasteiger partial charge in [0.2, 0.25) is 5.41 Å². The summed E-state index contributed by atoms with van der Waals surface area (Å²) in [6.45, 7) is -0.397. The van der Waals surface area contributed by atoms with E-state index in [2.05, 4.69) is 10.6 Å². The van der Waals surface area contributed by atoms with Gasteiger partial charge in [0.25, 0.3) is 0 Å². The highest BCUT2D eigenvalue weighted by Crippen LogP contribution is 2.57. The number of phenolic OH excluding ortho intramolecular Hbond substituents is 2. The van der Waals surface area contributed by atoms with Gasteiger partial charge in [0.05, 0.1) is 11.4 Å². The Balaban J connectivity index is 1.61. The van der Waals surface area contributed by atoms with Gasteiger partial charge in [0.1, 0.15) is 24.7 Å². The minimum Gasteiger partial charge on any atom is -0.506 e. The average molecular weight is 635 g/mol. The number of alkyl halides is 6. The molecule has 8 nitrogen and oxygen atoms in total. The van der Waals surface area contributed by atoms with E-state index in [1.165, 1.54) is 0 Å². The zero-order chi connectivity index (χ0) is 32.8. The Morgan fingerprint density at radius 2 is 0.933 bits per heavy atom. The number of anilines is 2. The molecular formula is C31H24F6N2O6. The van der Waals surface area contributed by atoms with Crippen molar-refractivity contribution in [3.63, 3.8) is 0 Å². The SMILES string of the molecule is O=C(Nc1ccc(C(c2ccc(NC(=O)OCc3ccccc3)c(O)c2)(C(F)(F)F)C(F)(F)F)cc1O)OCc1ccccc1. The fraction of sp³-hybridized carbons (Fsp3) is 0.161. The maximum absolute atomic E-state index is 14.6. The molecule has 0 spiro atoms. The van der Waals surface area contributed by atoms with Crippen LogP contribution in [0.5, 0.6) is 11.5 Å².